The van der Waals surface area contributed by atoms with Gasteiger partial charge in [-0.05, 0) is 36.0 Å². The molecule has 2 aromatic rings. The Hall–Kier alpha value is -1.64. The van der Waals surface area contributed by atoms with Crippen molar-refractivity contribution in [1.29, 1.82) is 0 Å². The molecular weight excluding hydrogens is 244 g/mol. The average Bonchev–Trinajstić information content (AvgIpc) is 2.51. The Bertz CT molecular complexity index is 550. The van der Waals surface area contributed by atoms with Crippen LogP contribution >= 0.6 is 0 Å². The van der Waals surface area contributed by atoms with Crippen molar-refractivity contribution in [3.8, 4) is 11.1 Å². The molecule has 0 aliphatic carbocycles. The molecule has 0 aromatic heterocycles. The summed E-state index contributed by atoms with van der Waals surface area (Å²) < 4.78 is 0. The normalized spacial score (nSPS) is 19.9. The summed E-state index contributed by atoms with van der Waals surface area (Å²) in [4.78, 5) is 0. The molecule has 2 heteroatoms. The highest BCUT2D eigenvalue weighted by Crippen LogP contribution is 2.26. The van der Waals surface area contributed by atoms with Gasteiger partial charge in [-0.2, -0.15) is 0 Å². The molecule has 2 nitrogen and oxygen atoms in total. The van der Waals surface area contributed by atoms with Crippen LogP contribution in [0, 0.1) is 0 Å². The Morgan fingerprint density at radius 2 is 1.70 bits per heavy atom. The number of hydrazine groups is 1. The quantitative estimate of drug-likeness (QED) is 0.860. The van der Waals surface area contributed by atoms with Crippen molar-refractivity contribution in [2.75, 3.05) is 6.54 Å². The molecule has 1 atom stereocenters. The van der Waals surface area contributed by atoms with Gasteiger partial charge in [0.05, 0.1) is 0 Å². The molecule has 1 fully saturated rings. The van der Waals surface area contributed by atoms with Gasteiger partial charge >= 0.3 is 0 Å². The van der Waals surface area contributed by atoms with Crippen LogP contribution in [0.2, 0.25) is 0 Å². The van der Waals surface area contributed by atoms with Gasteiger partial charge in [0, 0.05) is 12.6 Å². The number of hydrogen-bond donors (Lipinski definition) is 1. The summed E-state index contributed by atoms with van der Waals surface area (Å²) in [6, 6.07) is 19.8. The fraction of sp³-hybridized carbons (Fsp3) is 0.333. The summed E-state index contributed by atoms with van der Waals surface area (Å²) in [6.45, 7) is 1.03. The van der Waals surface area contributed by atoms with Crippen LogP contribution in [0.5, 0.6) is 0 Å². The molecule has 1 unspecified atom stereocenters. The van der Waals surface area contributed by atoms with Gasteiger partial charge in [0.15, 0.2) is 0 Å². The van der Waals surface area contributed by atoms with Crippen molar-refractivity contribution < 1.29 is 0 Å². The van der Waals surface area contributed by atoms with Crippen molar-refractivity contribution in [1.82, 2.24) is 5.01 Å². The lowest BCUT2D eigenvalue weighted by Gasteiger charge is -2.32. The number of nitrogens with zero attached hydrogens (tertiary/aromatic N) is 1. The molecule has 3 rings (SSSR count). The smallest absolute Gasteiger partial charge is 0.0281 e. The number of hydrogen-bond acceptors (Lipinski definition) is 2. The van der Waals surface area contributed by atoms with Gasteiger partial charge in [-0.1, -0.05) is 61.0 Å². The summed E-state index contributed by atoms with van der Waals surface area (Å²) in [7, 11) is 0. The molecule has 1 aliphatic heterocycles. The maximum Gasteiger partial charge on any atom is 0.0281 e. The molecule has 20 heavy (non-hydrogen) atoms. The third-order valence-corrected chi connectivity index (χ3v) is 4.23. The van der Waals surface area contributed by atoms with E-state index < -0.39 is 0 Å². The van der Waals surface area contributed by atoms with E-state index in [0.717, 1.165) is 13.0 Å². The van der Waals surface area contributed by atoms with Crippen molar-refractivity contribution in [3.05, 3.63) is 60.2 Å². The topological polar surface area (TPSA) is 29.3 Å². The predicted molar refractivity (Wildman–Crippen MR) is 84.1 cm³/mol. The van der Waals surface area contributed by atoms with E-state index in [0.29, 0.717) is 6.04 Å². The van der Waals surface area contributed by atoms with E-state index in [-0.39, 0.29) is 0 Å². The van der Waals surface area contributed by atoms with E-state index in [1.165, 1.54) is 36.0 Å². The summed E-state index contributed by atoms with van der Waals surface area (Å²) in [5.41, 5.74) is 4.04. The largest absolute Gasteiger partial charge is 0.269 e. The van der Waals surface area contributed by atoms with Gasteiger partial charge in [-0.25, -0.2) is 5.01 Å². The van der Waals surface area contributed by atoms with Crippen LogP contribution in [-0.2, 0) is 6.42 Å². The summed E-state index contributed by atoms with van der Waals surface area (Å²) in [5, 5.41) is 2.03. The first-order valence-electron chi connectivity index (χ1n) is 7.49. The Morgan fingerprint density at radius 3 is 2.50 bits per heavy atom. The molecule has 0 amide bonds. The highest BCUT2D eigenvalue weighted by molar-refractivity contribution is 5.67. The SMILES string of the molecule is NN1CCCCC1Cc1ccccc1-c1ccccc1. The molecule has 1 aliphatic rings. The van der Waals surface area contributed by atoms with Gasteiger partial charge in [-0.15, -0.1) is 0 Å². The van der Waals surface area contributed by atoms with Crippen LogP contribution in [-0.4, -0.2) is 17.6 Å². The zero-order valence-corrected chi connectivity index (χ0v) is 11.8. The van der Waals surface area contributed by atoms with Crippen LogP contribution < -0.4 is 5.84 Å². The highest BCUT2D eigenvalue weighted by atomic mass is 15.4. The first-order valence-corrected chi connectivity index (χ1v) is 7.49. The fourth-order valence-corrected chi connectivity index (χ4v) is 3.09. The van der Waals surface area contributed by atoms with Crippen molar-refractivity contribution in [2.24, 2.45) is 5.84 Å². The van der Waals surface area contributed by atoms with Crippen LogP contribution in [0.4, 0.5) is 0 Å². The molecule has 2 aromatic carbocycles. The van der Waals surface area contributed by atoms with Crippen LogP contribution in [0.25, 0.3) is 11.1 Å². The number of piperidine rings is 1. The van der Waals surface area contributed by atoms with E-state index in [4.69, 9.17) is 5.84 Å². The monoisotopic (exact) mass is 266 g/mol. The van der Waals surface area contributed by atoms with Gasteiger partial charge in [0.1, 0.15) is 0 Å². The number of nitrogens with two attached hydrogens (primary N) is 1. The molecule has 0 bridgehead atoms. The first kappa shape index (κ1) is 13.3. The standard InChI is InChI=1S/C18H22N2/c19-20-13-7-6-11-17(20)14-16-10-4-5-12-18(16)15-8-2-1-3-9-15/h1-5,8-10,12,17H,6-7,11,13-14,19H2. The third kappa shape index (κ3) is 2.92. The Morgan fingerprint density at radius 1 is 0.950 bits per heavy atom. The highest BCUT2D eigenvalue weighted by Gasteiger charge is 2.20. The van der Waals surface area contributed by atoms with E-state index >= 15 is 0 Å². The van der Waals surface area contributed by atoms with Crippen LogP contribution in [0.1, 0.15) is 24.8 Å². The van der Waals surface area contributed by atoms with E-state index in [1.807, 2.05) is 5.01 Å². The summed E-state index contributed by atoms with van der Waals surface area (Å²) >= 11 is 0. The predicted octanol–water partition coefficient (Wildman–Crippen LogP) is 3.62. The lowest BCUT2D eigenvalue weighted by Crippen LogP contribution is -2.45. The molecule has 0 radical (unpaired) electrons. The Kier molecular flexibility index (Phi) is 4.14. The van der Waals surface area contributed by atoms with E-state index in [1.54, 1.807) is 0 Å². The maximum absolute atomic E-state index is 6.15. The molecule has 2 N–H and O–H groups in total. The van der Waals surface area contributed by atoms with E-state index in [2.05, 4.69) is 54.6 Å². The number of rotatable bonds is 3. The maximum atomic E-state index is 6.15. The molecule has 104 valence electrons. The number of benzene rings is 2. The Labute approximate surface area is 121 Å². The minimum atomic E-state index is 0.480. The van der Waals surface area contributed by atoms with Crippen LogP contribution in [0.3, 0.4) is 0 Å². The minimum absolute atomic E-state index is 0.480. The van der Waals surface area contributed by atoms with Gasteiger partial charge < -0.3 is 0 Å². The van der Waals surface area contributed by atoms with Gasteiger partial charge in [0.25, 0.3) is 0 Å². The Balaban J connectivity index is 1.86. The molecular formula is C18H22N2. The van der Waals surface area contributed by atoms with Gasteiger partial charge in [0.2, 0.25) is 0 Å². The zero-order chi connectivity index (χ0) is 13.8. The molecule has 1 saturated heterocycles. The lowest BCUT2D eigenvalue weighted by molar-refractivity contribution is 0.150. The van der Waals surface area contributed by atoms with Gasteiger partial charge in [-0.3, -0.25) is 5.84 Å². The van der Waals surface area contributed by atoms with E-state index in [9.17, 15) is 0 Å². The third-order valence-electron chi connectivity index (χ3n) is 4.23. The minimum Gasteiger partial charge on any atom is -0.269 e. The average molecular weight is 266 g/mol. The molecule has 1 heterocycles. The summed E-state index contributed by atoms with van der Waals surface area (Å²) in [5.74, 6) is 6.15. The van der Waals surface area contributed by atoms with Crippen molar-refractivity contribution in [2.45, 2.75) is 31.7 Å². The van der Waals surface area contributed by atoms with Crippen molar-refractivity contribution in [3.63, 3.8) is 0 Å². The second-order valence-corrected chi connectivity index (χ2v) is 5.61. The van der Waals surface area contributed by atoms with Crippen LogP contribution in [0.15, 0.2) is 54.6 Å². The zero-order valence-electron chi connectivity index (χ0n) is 11.8. The van der Waals surface area contributed by atoms with Crippen molar-refractivity contribution >= 4 is 0 Å². The lowest BCUT2D eigenvalue weighted by atomic mass is 9.92. The molecule has 0 spiro atoms. The second kappa shape index (κ2) is 6.21. The first-order chi connectivity index (χ1) is 9.84. The fourth-order valence-electron chi connectivity index (χ4n) is 3.09. The molecule has 0 saturated carbocycles. The summed E-state index contributed by atoms with van der Waals surface area (Å²) in [6.07, 6.45) is 4.78. The second-order valence-electron chi connectivity index (χ2n) is 5.61.